The van der Waals surface area contributed by atoms with Gasteiger partial charge in [-0.2, -0.15) is 0 Å². The van der Waals surface area contributed by atoms with E-state index >= 15 is 0 Å². The van der Waals surface area contributed by atoms with Gasteiger partial charge in [-0.3, -0.25) is 9.52 Å². The number of anilines is 2. The van der Waals surface area contributed by atoms with Gasteiger partial charge in [-0.05, 0) is 36.1 Å². The number of carbonyl (C=O) groups is 1. The van der Waals surface area contributed by atoms with Gasteiger partial charge >= 0.3 is 0 Å². The van der Waals surface area contributed by atoms with Crippen molar-refractivity contribution in [1.82, 2.24) is 0 Å². The van der Waals surface area contributed by atoms with Crippen molar-refractivity contribution in [2.45, 2.75) is 33.7 Å². The number of sulfonamides is 1. The van der Waals surface area contributed by atoms with Gasteiger partial charge in [0.2, 0.25) is 15.9 Å². The summed E-state index contributed by atoms with van der Waals surface area (Å²) in [5.41, 5.74) is 7.33. The summed E-state index contributed by atoms with van der Waals surface area (Å²) in [5, 5.41) is 2.74. The molecule has 7 heteroatoms. The summed E-state index contributed by atoms with van der Waals surface area (Å²) in [6.07, 6.45) is 1.09. The highest BCUT2D eigenvalue weighted by atomic mass is 32.2. The summed E-state index contributed by atoms with van der Waals surface area (Å²) in [6.45, 7) is 7.43. The van der Waals surface area contributed by atoms with Crippen LogP contribution in [-0.2, 0) is 14.8 Å². The van der Waals surface area contributed by atoms with Crippen LogP contribution in [0, 0.1) is 12.3 Å². The lowest BCUT2D eigenvalue weighted by molar-refractivity contribution is -0.119. The lowest BCUT2D eigenvalue weighted by atomic mass is 9.87. The fourth-order valence-corrected chi connectivity index (χ4v) is 2.30. The Kier molecular flexibility index (Phi) is 5.01. The molecule has 6 nitrogen and oxygen atoms in total. The lowest BCUT2D eigenvalue weighted by Crippen LogP contribution is -2.45. The van der Waals surface area contributed by atoms with Crippen molar-refractivity contribution >= 4 is 27.3 Å². The van der Waals surface area contributed by atoms with Gasteiger partial charge in [-0.15, -0.1) is 0 Å². The van der Waals surface area contributed by atoms with Crippen molar-refractivity contribution in [3.05, 3.63) is 23.8 Å². The number of hydrogen-bond acceptors (Lipinski definition) is 4. The molecule has 0 aliphatic carbocycles. The SMILES string of the molecule is Cc1cc(NC(=O)[C@@H](N)C(C)(C)C)ccc1NS(C)(=O)=O. The molecule has 0 aromatic heterocycles. The Morgan fingerprint density at radius 1 is 1.29 bits per heavy atom. The third-order valence-corrected chi connectivity index (χ3v) is 3.60. The van der Waals surface area contributed by atoms with Crippen LogP contribution in [0.2, 0.25) is 0 Å². The number of carbonyl (C=O) groups excluding carboxylic acids is 1. The Morgan fingerprint density at radius 2 is 1.86 bits per heavy atom. The van der Waals surface area contributed by atoms with Gasteiger partial charge in [0, 0.05) is 5.69 Å². The van der Waals surface area contributed by atoms with Gasteiger partial charge in [-0.1, -0.05) is 20.8 Å². The van der Waals surface area contributed by atoms with Crippen LogP contribution in [0.25, 0.3) is 0 Å². The van der Waals surface area contributed by atoms with Crippen molar-refractivity contribution in [2.24, 2.45) is 11.1 Å². The van der Waals surface area contributed by atoms with Gasteiger partial charge in [0.1, 0.15) is 0 Å². The molecule has 0 fully saturated rings. The maximum absolute atomic E-state index is 12.0. The van der Waals surface area contributed by atoms with Crippen molar-refractivity contribution in [1.29, 1.82) is 0 Å². The van der Waals surface area contributed by atoms with E-state index in [1.807, 2.05) is 20.8 Å². The number of aryl methyl sites for hydroxylation is 1. The van der Waals surface area contributed by atoms with Gasteiger partial charge in [0.25, 0.3) is 0 Å². The van der Waals surface area contributed by atoms with Gasteiger partial charge in [0.15, 0.2) is 0 Å². The fourth-order valence-electron chi connectivity index (χ4n) is 1.67. The Morgan fingerprint density at radius 3 is 2.29 bits per heavy atom. The zero-order chi connectivity index (χ0) is 16.4. The molecule has 0 saturated carbocycles. The Hall–Kier alpha value is -1.60. The van der Waals surface area contributed by atoms with Crippen molar-refractivity contribution in [3.8, 4) is 0 Å². The van der Waals surface area contributed by atoms with Gasteiger partial charge in [-0.25, -0.2) is 8.42 Å². The Balaban J connectivity index is 2.88. The first-order valence-corrected chi connectivity index (χ1v) is 8.44. The fraction of sp³-hybridized carbons (Fsp3) is 0.500. The van der Waals surface area contributed by atoms with E-state index in [1.165, 1.54) is 0 Å². The first-order chi connectivity index (χ1) is 9.40. The first-order valence-electron chi connectivity index (χ1n) is 6.55. The van der Waals surface area contributed by atoms with Gasteiger partial charge in [0.05, 0.1) is 18.0 Å². The minimum absolute atomic E-state index is 0.272. The highest BCUT2D eigenvalue weighted by molar-refractivity contribution is 7.92. The zero-order valence-electron chi connectivity index (χ0n) is 13.0. The van der Waals surface area contributed by atoms with Crippen molar-refractivity contribution in [3.63, 3.8) is 0 Å². The van der Waals surface area contributed by atoms with E-state index in [9.17, 15) is 13.2 Å². The highest BCUT2D eigenvalue weighted by Crippen LogP contribution is 2.22. The molecule has 1 amide bonds. The van der Waals surface area contributed by atoms with Gasteiger partial charge < -0.3 is 11.1 Å². The summed E-state index contributed by atoms with van der Waals surface area (Å²) in [6, 6.07) is 4.30. The molecular formula is C14H23N3O3S. The predicted octanol–water partition coefficient (Wildman–Crippen LogP) is 1.68. The second-order valence-corrected chi connectivity index (χ2v) is 7.99. The van der Waals surface area contributed by atoms with E-state index in [0.29, 0.717) is 16.9 Å². The highest BCUT2D eigenvalue weighted by Gasteiger charge is 2.27. The Labute approximate surface area is 126 Å². The molecule has 1 aromatic rings. The van der Waals surface area contributed by atoms with Crippen molar-refractivity contribution < 1.29 is 13.2 Å². The molecule has 1 aromatic carbocycles. The van der Waals surface area contributed by atoms with E-state index in [2.05, 4.69) is 10.0 Å². The molecule has 0 aliphatic rings. The second kappa shape index (κ2) is 6.03. The standard InChI is InChI=1S/C14H23N3O3S/c1-9-8-10(6-7-11(9)17-21(5,19)20)16-13(18)12(15)14(2,3)4/h6-8,12,17H,15H2,1-5H3,(H,16,18)/t12-/m1/s1. The third-order valence-electron chi connectivity index (χ3n) is 3.00. The normalized spacial score (nSPS) is 13.6. The van der Waals surface area contributed by atoms with E-state index < -0.39 is 16.1 Å². The second-order valence-electron chi connectivity index (χ2n) is 6.24. The molecule has 0 spiro atoms. The van der Waals surface area contributed by atoms with E-state index in [4.69, 9.17) is 5.73 Å². The average Bonchev–Trinajstić information content (AvgIpc) is 2.29. The smallest absolute Gasteiger partial charge is 0.241 e. The van der Waals surface area contributed by atoms with Crippen LogP contribution < -0.4 is 15.8 Å². The minimum Gasteiger partial charge on any atom is -0.325 e. The maximum Gasteiger partial charge on any atom is 0.241 e. The monoisotopic (exact) mass is 313 g/mol. The summed E-state index contributed by atoms with van der Waals surface area (Å²) < 4.78 is 24.8. The minimum atomic E-state index is -3.33. The predicted molar refractivity (Wildman–Crippen MR) is 85.7 cm³/mol. The maximum atomic E-state index is 12.0. The molecule has 0 aliphatic heterocycles. The summed E-state index contributed by atoms with van der Waals surface area (Å²) in [7, 11) is -3.33. The molecule has 0 saturated heterocycles. The van der Waals surface area contributed by atoms with E-state index in [0.717, 1.165) is 6.26 Å². The summed E-state index contributed by atoms with van der Waals surface area (Å²) in [4.78, 5) is 12.0. The molecule has 21 heavy (non-hydrogen) atoms. The lowest BCUT2D eigenvalue weighted by Gasteiger charge is -2.26. The number of benzene rings is 1. The van der Waals surface area contributed by atoms with E-state index in [1.54, 1.807) is 25.1 Å². The zero-order valence-corrected chi connectivity index (χ0v) is 13.8. The first kappa shape index (κ1) is 17.5. The topological polar surface area (TPSA) is 101 Å². The van der Waals surface area contributed by atoms with Crippen LogP contribution >= 0.6 is 0 Å². The molecule has 1 atom stereocenters. The van der Waals surface area contributed by atoms with Crippen LogP contribution in [0.4, 0.5) is 11.4 Å². The molecule has 0 heterocycles. The number of amides is 1. The van der Waals surface area contributed by atoms with Crippen LogP contribution in [0.1, 0.15) is 26.3 Å². The average molecular weight is 313 g/mol. The number of nitrogens with one attached hydrogen (secondary N) is 2. The Bertz CT molecular complexity index is 633. The molecule has 0 radical (unpaired) electrons. The molecule has 4 N–H and O–H groups in total. The molecule has 1 rings (SSSR count). The van der Waals surface area contributed by atoms with Crippen LogP contribution in [0.15, 0.2) is 18.2 Å². The van der Waals surface area contributed by atoms with Crippen LogP contribution in [0.5, 0.6) is 0 Å². The quantitative estimate of drug-likeness (QED) is 0.787. The number of rotatable bonds is 4. The third kappa shape index (κ3) is 5.35. The van der Waals surface area contributed by atoms with E-state index in [-0.39, 0.29) is 11.3 Å². The van der Waals surface area contributed by atoms with Crippen LogP contribution in [0.3, 0.4) is 0 Å². The molecular weight excluding hydrogens is 290 g/mol. The largest absolute Gasteiger partial charge is 0.325 e. The van der Waals surface area contributed by atoms with Crippen LogP contribution in [-0.4, -0.2) is 26.6 Å². The number of nitrogens with two attached hydrogens (primary N) is 1. The van der Waals surface area contributed by atoms with Crippen molar-refractivity contribution in [2.75, 3.05) is 16.3 Å². The summed E-state index contributed by atoms with van der Waals surface area (Å²) >= 11 is 0. The summed E-state index contributed by atoms with van der Waals surface area (Å²) in [5.74, 6) is -0.272. The number of hydrogen-bond donors (Lipinski definition) is 3. The molecule has 0 bridgehead atoms. The molecule has 0 unspecified atom stereocenters. The molecule has 118 valence electrons.